The molecule has 1 fully saturated rings. The molecule has 2 N–H and O–H groups in total. The van der Waals surface area contributed by atoms with Crippen molar-refractivity contribution in [2.45, 2.75) is 37.6 Å². The Kier molecular flexibility index (Phi) is 6.60. The first-order valence-corrected chi connectivity index (χ1v) is 10.8. The molecule has 172 valence electrons. The van der Waals surface area contributed by atoms with E-state index >= 15 is 0 Å². The van der Waals surface area contributed by atoms with Gasteiger partial charge in [0, 0.05) is 38.2 Å². The molecule has 1 aromatic carbocycles. The molecule has 0 bridgehead atoms. The van der Waals surface area contributed by atoms with Crippen molar-refractivity contribution < 1.29 is 13.6 Å². The van der Waals surface area contributed by atoms with Gasteiger partial charge in [0.05, 0.1) is 17.7 Å². The number of carbonyl (C=O) groups excluding carboxylic acids is 1. The number of carbonyl (C=O) groups is 1. The van der Waals surface area contributed by atoms with E-state index in [4.69, 9.17) is 0 Å². The van der Waals surface area contributed by atoms with Crippen LogP contribution in [-0.4, -0.2) is 51.0 Å². The van der Waals surface area contributed by atoms with Crippen LogP contribution in [-0.2, 0) is 11.2 Å². The van der Waals surface area contributed by atoms with Gasteiger partial charge in [-0.1, -0.05) is 36.4 Å². The Morgan fingerprint density at radius 1 is 1.18 bits per heavy atom. The number of rotatable bonds is 6. The van der Waals surface area contributed by atoms with Gasteiger partial charge in [-0.2, -0.15) is 5.10 Å². The van der Waals surface area contributed by atoms with Crippen molar-refractivity contribution in [3.63, 3.8) is 0 Å². The second-order valence-corrected chi connectivity index (χ2v) is 8.28. The normalized spacial score (nSPS) is 19.1. The predicted octanol–water partition coefficient (Wildman–Crippen LogP) is 3.21. The van der Waals surface area contributed by atoms with Crippen molar-refractivity contribution in [2.75, 3.05) is 18.4 Å². The Balaban J connectivity index is 1.39. The Bertz CT molecular complexity index is 1130. The number of alkyl halides is 2. The van der Waals surface area contributed by atoms with E-state index in [1.165, 1.54) is 18.3 Å². The van der Waals surface area contributed by atoms with Crippen molar-refractivity contribution in [1.82, 2.24) is 20.1 Å². The number of anilines is 1. The first-order valence-electron chi connectivity index (χ1n) is 10.8. The van der Waals surface area contributed by atoms with Crippen LogP contribution in [0.2, 0.25) is 0 Å². The Morgan fingerprint density at radius 3 is 2.64 bits per heavy atom. The lowest BCUT2D eigenvalue weighted by Gasteiger charge is -2.40. The molecule has 4 rings (SSSR count). The highest BCUT2D eigenvalue weighted by atomic mass is 19.3. The number of piperidine rings is 1. The molecule has 1 aliphatic heterocycles. The molecule has 2 atom stereocenters. The number of pyridine rings is 1. The SMILES string of the molecule is CC(C(=O)Nc1ccc(Cc2ccccc2)nn1)N1CCC(F)(F)C(c2ccc(=O)[nH]c2)C1. The summed E-state index contributed by atoms with van der Waals surface area (Å²) < 4.78 is 29.2. The minimum Gasteiger partial charge on any atom is -0.329 e. The highest BCUT2D eigenvalue weighted by Crippen LogP contribution is 2.40. The molecule has 2 unspecified atom stereocenters. The maximum absolute atomic E-state index is 14.6. The van der Waals surface area contributed by atoms with Gasteiger partial charge in [-0.15, -0.1) is 5.10 Å². The van der Waals surface area contributed by atoms with Crippen molar-refractivity contribution in [2.24, 2.45) is 0 Å². The lowest BCUT2D eigenvalue weighted by molar-refractivity contribution is -0.125. The van der Waals surface area contributed by atoms with Gasteiger partial charge in [0.1, 0.15) is 0 Å². The summed E-state index contributed by atoms with van der Waals surface area (Å²) in [6.45, 7) is 1.76. The fraction of sp³-hybridized carbons (Fsp3) is 0.333. The number of H-pyrrole nitrogens is 1. The molecule has 33 heavy (non-hydrogen) atoms. The Labute approximate surface area is 189 Å². The first kappa shape index (κ1) is 22.7. The summed E-state index contributed by atoms with van der Waals surface area (Å²) in [5, 5.41) is 11.0. The van der Waals surface area contributed by atoms with Crippen LogP contribution >= 0.6 is 0 Å². The summed E-state index contributed by atoms with van der Waals surface area (Å²) >= 11 is 0. The van der Waals surface area contributed by atoms with Crippen LogP contribution in [0.4, 0.5) is 14.6 Å². The lowest BCUT2D eigenvalue weighted by Crippen LogP contribution is -2.52. The number of nitrogens with one attached hydrogen (secondary N) is 2. The number of nitrogens with zero attached hydrogens (tertiary/aromatic N) is 3. The monoisotopic (exact) mass is 453 g/mol. The minimum atomic E-state index is -2.93. The summed E-state index contributed by atoms with van der Waals surface area (Å²) in [5.41, 5.74) is 1.88. The minimum absolute atomic E-state index is 0.00464. The zero-order valence-corrected chi connectivity index (χ0v) is 18.2. The fourth-order valence-corrected chi connectivity index (χ4v) is 3.99. The summed E-state index contributed by atoms with van der Waals surface area (Å²) in [5.74, 6) is -4.07. The molecule has 0 spiro atoms. The highest BCUT2D eigenvalue weighted by Gasteiger charge is 2.46. The summed E-state index contributed by atoms with van der Waals surface area (Å²) in [6.07, 6.45) is 1.58. The zero-order chi connectivity index (χ0) is 23.4. The van der Waals surface area contributed by atoms with Crippen LogP contribution in [0.1, 0.15) is 36.1 Å². The molecule has 2 aromatic heterocycles. The number of benzene rings is 1. The van der Waals surface area contributed by atoms with Gasteiger partial charge in [0.2, 0.25) is 11.5 Å². The number of amides is 1. The maximum atomic E-state index is 14.6. The standard InChI is InChI=1S/C24H25F2N5O2/c1-16(31-12-11-24(25,26)20(15-31)18-7-10-22(32)27-14-18)23(33)28-21-9-8-19(29-30-21)13-17-5-3-2-4-6-17/h2-10,14,16,20H,11-13,15H2,1H3,(H,27,32)(H,28,30,33). The van der Waals surface area contributed by atoms with E-state index in [9.17, 15) is 18.4 Å². The fourth-order valence-electron chi connectivity index (χ4n) is 3.99. The largest absolute Gasteiger partial charge is 0.329 e. The van der Waals surface area contributed by atoms with Gasteiger partial charge >= 0.3 is 0 Å². The van der Waals surface area contributed by atoms with E-state index in [1.807, 2.05) is 30.3 Å². The molecule has 1 aliphatic rings. The third-order valence-corrected chi connectivity index (χ3v) is 6.00. The van der Waals surface area contributed by atoms with Gasteiger partial charge < -0.3 is 10.3 Å². The van der Waals surface area contributed by atoms with Crippen molar-refractivity contribution in [3.05, 3.63) is 88.0 Å². The summed E-state index contributed by atoms with van der Waals surface area (Å²) in [4.78, 5) is 28.3. The third-order valence-electron chi connectivity index (χ3n) is 6.00. The van der Waals surface area contributed by atoms with E-state index in [-0.39, 0.29) is 31.0 Å². The quantitative estimate of drug-likeness (QED) is 0.598. The molecule has 7 nitrogen and oxygen atoms in total. The topological polar surface area (TPSA) is 91.0 Å². The molecule has 3 aromatic rings. The smallest absolute Gasteiger partial charge is 0.257 e. The van der Waals surface area contributed by atoms with E-state index in [1.54, 1.807) is 24.0 Å². The van der Waals surface area contributed by atoms with Gasteiger partial charge in [-0.25, -0.2) is 8.78 Å². The Hall–Kier alpha value is -3.46. The number of hydrogen-bond donors (Lipinski definition) is 2. The van der Waals surface area contributed by atoms with Crippen LogP contribution in [0.3, 0.4) is 0 Å². The molecule has 0 radical (unpaired) electrons. The van der Waals surface area contributed by atoms with E-state index < -0.39 is 17.9 Å². The molecule has 0 saturated carbocycles. The summed E-state index contributed by atoms with van der Waals surface area (Å²) in [6, 6.07) is 15.4. The second kappa shape index (κ2) is 9.58. The number of likely N-dealkylation sites (tertiary alicyclic amines) is 1. The van der Waals surface area contributed by atoms with Gasteiger partial charge in [-0.05, 0) is 30.2 Å². The van der Waals surface area contributed by atoms with Gasteiger partial charge in [-0.3, -0.25) is 14.5 Å². The molecule has 9 heteroatoms. The van der Waals surface area contributed by atoms with Crippen molar-refractivity contribution in [3.8, 4) is 0 Å². The highest BCUT2D eigenvalue weighted by molar-refractivity contribution is 5.93. The average molecular weight is 453 g/mol. The van der Waals surface area contributed by atoms with E-state index in [0.29, 0.717) is 17.8 Å². The Morgan fingerprint density at radius 2 is 1.97 bits per heavy atom. The third kappa shape index (κ3) is 5.48. The number of halogens is 2. The molecular formula is C24H25F2N5O2. The number of aromatic nitrogens is 3. The van der Waals surface area contributed by atoms with Crippen LogP contribution in [0.25, 0.3) is 0 Å². The molecular weight excluding hydrogens is 428 g/mol. The van der Waals surface area contributed by atoms with Crippen molar-refractivity contribution in [1.29, 1.82) is 0 Å². The number of aromatic amines is 1. The summed E-state index contributed by atoms with van der Waals surface area (Å²) in [7, 11) is 0. The van der Waals surface area contributed by atoms with Crippen LogP contribution < -0.4 is 10.9 Å². The van der Waals surface area contributed by atoms with E-state index in [2.05, 4.69) is 20.5 Å². The van der Waals surface area contributed by atoms with Gasteiger partial charge in [0.25, 0.3) is 5.92 Å². The first-order chi connectivity index (χ1) is 15.8. The van der Waals surface area contributed by atoms with Gasteiger partial charge in [0.15, 0.2) is 5.82 Å². The zero-order valence-electron chi connectivity index (χ0n) is 18.2. The van der Waals surface area contributed by atoms with E-state index in [0.717, 1.165) is 11.3 Å². The maximum Gasteiger partial charge on any atom is 0.257 e. The predicted molar refractivity (Wildman–Crippen MR) is 120 cm³/mol. The lowest BCUT2D eigenvalue weighted by atomic mass is 9.87. The second-order valence-electron chi connectivity index (χ2n) is 8.28. The average Bonchev–Trinajstić information content (AvgIpc) is 2.81. The van der Waals surface area contributed by atoms with Crippen molar-refractivity contribution >= 4 is 11.7 Å². The van der Waals surface area contributed by atoms with Crippen LogP contribution in [0.15, 0.2) is 65.6 Å². The van der Waals surface area contributed by atoms with Crippen LogP contribution in [0.5, 0.6) is 0 Å². The van der Waals surface area contributed by atoms with Crippen LogP contribution in [0, 0.1) is 0 Å². The number of hydrogen-bond acceptors (Lipinski definition) is 5. The molecule has 1 saturated heterocycles. The molecule has 0 aliphatic carbocycles. The molecule has 1 amide bonds. The molecule has 3 heterocycles.